The van der Waals surface area contributed by atoms with Crippen LogP contribution in [0.4, 0.5) is 11.4 Å². The summed E-state index contributed by atoms with van der Waals surface area (Å²) in [4.78, 5) is 9.67. The Morgan fingerprint density at radius 1 is 1.55 bits per heavy atom. The fourth-order valence-electron chi connectivity index (χ4n) is 0.675. The third kappa shape index (κ3) is 1.59. The highest BCUT2D eigenvalue weighted by Crippen LogP contribution is 2.24. The fourth-order valence-corrected chi connectivity index (χ4v) is 0.841. The lowest BCUT2D eigenvalue weighted by molar-refractivity contribution is -0.383. The molecule has 0 heterocycles. The molecule has 0 atom stereocenters. The second-order valence-electron chi connectivity index (χ2n) is 1.96. The molecule has 1 aromatic rings. The highest BCUT2D eigenvalue weighted by molar-refractivity contribution is 6.30. The van der Waals surface area contributed by atoms with E-state index in [1.54, 1.807) is 0 Å². The third-order valence-electron chi connectivity index (χ3n) is 1.19. The van der Waals surface area contributed by atoms with Crippen LogP contribution in [0.15, 0.2) is 18.2 Å². The van der Waals surface area contributed by atoms with Gasteiger partial charge in [-0.05, 0) is 12.1 Å². The van der Waals surface area contributed by atoms with Gasteiger partial charge in [-0.1, -0.05) is 11.6 Å². The van der Waals surface area contributed by atoms with Crippen molar-refractivity contribution in [3.8, 4) is 0 Å². The molecule has 0 amide bonds. The van der Waals surface area contributed by atoms with Crippen molar-refractivity contribution < 1.29 is 4.92 Å². The predicted molar refractivity (Wildman–Crippen MR) is 42.5 cm³/mol. The highest BCUT2D eigenvalue weighted by atomic mass is 35.5. The number of nitrogens with two attached hydrogens (primary N) is 1. The Bertz CT molecular complexity index is 301. The monoisotopic (exact) mass is 178 g/mol. The molecule has 2 N–H and O–H groups in total. The number of nitrogen functional groups attached to an aromatic ring is 1. The minimum Gasteiger partial charge on any atom is -0.393 e. The molecule has 1 aromatic carbocycles. The summed E-state index contributed by atoms with van der Waals surface area (Å²) in [6.07, 6.45) is 0. The maximum absolute atomic E-state index is 10.2. The zero-order valence-corrected chi connectivity index (χ0v) is 6.21. The summed E-state index contributed by atoms with van der Waals surface area (Å²) >= 11 is 5.50. The van der Waals surface area contributed by atoms with Gasteiger partial charge in [0.25, 0.3) is 5.69 Å². The Balaban J connectivity index is 3.23. The number of hydrogen-bond acceptors (Lipinski definition) is 3. The molecule has 0 aromatic heterocycles. The average Bonchev–Trinajstić information content (AvgIpc) is 1.94. The molecule has 1 rings (SSSR count). The van der Waals surface area contributed by atoms with Crippen LogP contribution in [-0.2, 0) is 0 Å². The number of nitrogens with zero attached hydrogens (tertiary/aromatic N) is 1. The van der Waals surface area contributed by atoms with Gasteiger partial charge in [-0.3, -0.25) is 10.1 Å². The van der Waals surface area contributed by atoms with E-state index in [-0.39, 0.29) is 11.4 Å². The molecule has 4 nitrogen and oxygen atoms in total. The summed E-state index contributed by atoms with van der Waals surface area (Å²) in [6, 6.07) is 4.13. The molecule has 58 valence electrons. The summed E-state index contributed by atoms with van der Waals surface area (Å²) in [5, 5.41) is 10.6. The predicted octanol–water partition coefficient (Wildman–Crippen LogP) is 1.83. The first-order valence-electron chi connectivity index (χ1n) is 2.80. The van der Waals surface area contributed by atoms with Gasteiger partial charge in [0.1, 0.15) is 5.69 Å². The summed E-state index contributed by atoms with van der Waals surface area (Å²) in [5.41, 5.74) is 5.26. The van der Waals surface area contributed by atoms with Crippen LogP contribution in [0.2, 0.25) is 5.02 Å². The fraction of sp³-hybridized carbons (Fsp3) is 0. The van der Waals surface area contributed by atoms with E-state index in [9.17, 15) is 10.1 Å². The van der Waals surface area contributed by atoms with Crippen molar-refractivity contribution in [2.75, 3.05) is 5.73 Å². The van der Waals surface area contributed by atoms with Crippen LogP contribution in [0.5, 0.6) is 0 Å². The zero-order chi connectivity index (χ0) is 8.43. The lowest BCUT2D eigenvalue weighted by atomic mass is 11.2. The molecule has 0 radical (unpaired) electrons. The molecular weight excluding hydrogens is 173 g/mol. The topological polar surface area (TPSA) is 69.2 Å². The Kier molecular flexibility index (Phi) is 1.96. The normalized spacial score (nSPS) is 9.55. The van der Waals surface area contributed by atoms with Crippen molar-refractivity contribution in [1.29, 1.82) is 0 Å². The van der Waals surface area contributed by atoms with E-state index < -0.39 is 4.92 Å². The van der Waals surface area contributed by atoms with Crippen molar-refractivity contribution in [2.45, 2.75) is 0 Å². The smallest absolute Gasteiger partial charge is 0.293 e. The minimum atomic E-state index is -0.568. The maximum atomic E-state index is 10.2. The van der Waals surface area contributed by atoms with Crippen LogP contribution in [0.3, 0.4) is 0 Å². The van der Waals surface area contributed by atoms with Crippen molar-refractivity contribution in [3.63, 3.8) is 0 Å². The first-order valence-corrected chi connectivity index (χ1v) is 3.18. The van der Waals surface area contributed by atoms with E-state index in [2.05, 4.69) is 0 Å². The van der Waals surface area contributed by atoms with Crippen LogP contribution in [-0.4, -0.2) is 4.92 Å². The first kappa shape index (κ1) is 7.81. The number of rotatable bonds is 1. The van der Waals surface area contributed by atoms with Gasteiger partial charge in [0.15, 0.2) is 0 Å². The number of hydrogen-bond donors (Lipinski definition) is 1. The summed E-state index contributed by atoms with van der Waals surface area (Å²) in [6.45, 7) is 0. The molecule has 0 unspecified atom stereocenters. The van der Waals surface area contributed by atoms with Gasteiger partial charge in [0.2, 0.25) is 0 Å². The van der Waals surface area contributed by atoms with Crippen molar-refractivity contribution in [3.05, 3.63) is 33.3 Å². The third-order valence-corrected chi connectivity index (χ3v) is 1.42. The first-order chi connectivity index (χ1) is 5.11. The van der Waals surface area contributed by atoms with Gasteiger partial charge < -0.3 is 5.73 Å². The lowest BCUT2D eigenvalue weighted by Gasteiger charge is -1.95. The molecule has 0 bridgehead atoms. The minimum absolute atomic E-state index is 0.124. The number of nitro groups is 1. The van der Waals surface area contributed by atoms with E-state index in [4.69, 9.17) is 17.3 Å². The van der Waals surface area contributed by atoms with Crippen molar-refractivity contribution in [1.82, 2.24) is 0 Å². The number of benzene rings is 1. The van der Waals surface area contributed by atoms with Gasteiger partial charge in [-0.25, -0.2) is 0 Å². The van der Waals surface area contributed by atoms with E-state index >= 15 is 0 Å². The van der Waals surface area contributed by atoms with Crippen LogP contribution >= 0.6 is 11.6 Å². The van der Waals surface area contributed by atoms with Crippen LogP contribution in [0.25, 0.3) is 0 Å². The summed E-state index contributed by atoms with van der Waals surface area (Å²) in [5.74, 6) is 0. The zero-order valence-electron chi connectivity index (χ0n) is 5.45. The Morgan fingerprint density at radius 3 is 2.64 bits per heavy atom. The van der Waals surface area contributed by atoms with Gasteiger partial charge >= 0.3 is 0 Å². The van der Waals surface area contributed by atoms with Gasteiger partial charge in [-0.2, -0.15) is 0 Å². The van der Waals surface area contributed by atoms with Crippen molar-refractivity contribution >= 4 is 23.0 Å². The van der Waals surface area contributed by atoms with E-state index in [1.807, 2.05) is 0 Å². The van der Waals surface area contributed by atoms with E-state index in [0.29, 0.717) is 5.02 Å². The molecule has 11 heavy (non-hydrogen) atoms. The Hall–Kier alpha value is -1.29. The lowest BCUT2D eigenvalue weighted by Crippen LogP contribution is -1.94. The Labute approximate surface area is 67.7 Å². The number of anilines is 1. The molecule has 5 heteroatoms. The van der Waals surface area contributed by atoms with Crippen LogP contribution in [0.1, 0.15) is 0 Å². The molecule has 0 aliphatic heterocycles. The number of halogens is 1. The van der Waals surface area contributed by atoms with E-state index in [1.165, 1.54) is 18.2 Å². The SMILES string of the molecule is N[13c]1[13cH][13cH][13c](Cl)[13cH][13c]1[N+](=O)[O-]. The average molecular weight is 179 g/mol. The second kappa shape index (κ2) is 2.75. The van der Waals surface area contributed by atoms with Gasteiger partial charge in [0, 0.05) is 11.1 Å². The standard InChI is InChI=1S/C6H5ClN2O2/c7-4-1-2-5(8)6(3-4)9(10)11/h1-3H,8H2/i1+1,2+1,3+1,4+1,5+1,6+1. The molecular formula is C6H5ClN2O2. The second-order valence-corrected chi connectivity index (χ2v) is 2.40. The Morgan fingerprint density at radius 2 is 2.18 bits per heavy atom. The van der Waals surface area contributed by atoms with Gasteiger partial charge in [0.05, 0.1) is 4.92 Å². The van der Waals surface area contributed by atoms with Crippen molar-refractivity contribution in [2.24, 2.45) is 0 Å². The number of nitro benzene ring substituents is 1. The quantitative estimate of drug-likeness (QED) is 0.405. The maximum Gasteiger partial charge on any atom is 0.293 e. The van der Waals surface area contributed by atoms with E-state index in [0.717, 1.165) is 0 Å². The summed E-state index contributed by atoms with van der Waals surface area (Å²) in [7, 11) is 0. The van der Waals surface area contributed by atoms with Gasteiger partial charge in [-0.15, -0.1) is 0 Å². The van der Waals surface area contributed by atoms with Crippen LogP contribution < -0.4 is 5.73 Å². The van der Waals surface area contributed by atoms with Crippen LogP contribution in [0, 0.1) is 10.1 Å². The molecule has 0 fully saturated rings. The molecule has 0 saturated carbocycles. The molecule has 0 saturated heterocycles. The molecule has 0 spiro atoms. The molecule has 0 aliphatic carbocycles. The summed E-state index contributed by atoms with van der Waals surface area (Å²) < 4.78 is 0. The highest BCUT2D eigenvalue weighted by Gasteiger charge is 2.10. The molecule has 0 aliphatic rings. The largest absolute Gasteiger partial charge is 0.393 e.